The topological polar surface area (TPSA) is 66.0 Å². The highest BCUT2D eigenvalue weighted by molar-refractivity contribution is 7.99. The van der Waals surface area contributed by atoms with E-state index in [0.29, 0.717) is 12.2 Å². The number of thioether (sulfide) groups is 1. The quantitative estimate of drug-likeness (QED) is 0.856. The number of hydrogen-bond acceptors (Lipinski definition) is 3. The Kier molecular flexibility index (Phi) is 3.68. The van der Waals surface area contributed by atoms with Crippen molar-refractivity contribution in [2.75, 3.05) is 0 Å². The number of rotatable bonds is 5. The van der Waals surface area contributed by atoms with E-state index in [-0.39, 0.29) is 5.25 Å². The number of aromatic nitrogens is 2. The number of fused-ring (bicyclic) bond motifs is 1. The predicted molar refractivity (Wildman–Crippen MR) is 69.1 cm³/mol. The van der Waals surface area contributed by atoms with Crippen LogP contribution in [0.15, 0.2) is 24.3 Å². The lowest BCUT2D eigenvalue weighted by atomic mass is 10.3. The van der Waals surface area contributed by atoms with Gasteiger partial charge in [0.25, 0.3) is 0 Å². The van der Waals surface area contributed by atoms with Gasteiger partial charge in [-0.05, 0) is 18.6 Å². The van der Waals surface area contributed by atoms with Crippen molar-refractivity contribution in [3.05, 3.63) is 30.1 Å². The van der Waals surface area contributed by atoms with Crippen molar-refractivity contribution in [3.63, 3.8) is 0 Å². The zero-order valence-corrected chi connectivity index (χ0v) is 10.3. The fourth-order valence-electron chi connectivity index (χ4n) is 1.62. The van der Waals surface area contributed by atoms with Crippen LogP contribution in [0.25, 0.3) is 11.0 Å². The van der Waals surface area contributed by atoms with Crippen LogP contribution in [0.5, 0.6) is 0 Å². The molecule has 2 aromatic rings. The van der Waals surface area contributed by atoms with Crippen molar-refractivity contribution in [2.45, 2.75) is 24.3 Å². The number of carbonyl (C=O) groups is 1. The van der Waals surface area contributed by atoms with Gasteiger partial charge in [0.05, 0.1) is 16.8 Å². The second kappa shape index (κ2) is 5.23. The first-order valence-corrected chi connectivity index (χ1v) is 6.53. The van der Waals surface area contributed by atoms with Gasteiger partial charge >= 0.3 is 5.97 Å². The van der Waals surface area contributed by atoms with Crippen molar-refractivity contribution >= 4 is 28.8 Å². The first-order chi connectivity index (χ1) is 8.20. The van der Waals surface area contributed by atoms with E-state index in [1.54, 1.807) is 0 Å². The number of aliphatic carboxylic acids is 1. The Morgan fingerprint density at radius 3 is 2.94 bits per heavy atom. The van der Waals surface area contributed by atoms with Crippen molar-refractivity contribution < 1.29 is 9.90 Å². The molecule has 2 N–H and O–H groups in total. The van der Waals surface area contributed by atoms with Gasteiger partial charge in [0.15, 0.2) is 0 Å². The molecule has 1 aromatic carbocycles. The Balaban J connectivity index is 2.06. The van der Waals surface area contributed by atoms with Crippen molar-refractivity contribution in [1.29, 1.82) is 0 Å². The maximum Gasteiger partial charge on any atom is 0.316 e. The van der Waals surface area contributed by atoms with E-state index in [1.807, 2.05) is 31.2 Å². The van der Waals surface area contributed by atoms with Crippen LogP contribution >= 0.6 is 11.8 Å². The first kappa shape index (κ1) is 12.0. The molecule has 5 heteroatoms. The van der Waals surface area contributed by atoms with E-state index in [1.165, 1.54) is 11.8 Å². The lowest BCUT2D eigenvalue weighted by Crippen LogP contribution is -2.15. The third kappa shape index (κ3) is 2.79. The van der Waals surface area contributed by atoms with Gasteiger partial charge in [-0.2, -0.15) is 0 Å². The third-order valence-electron chi connectivity index (χ3n) is 2.51. The molecule has 0 aliphatic heterocycles. The highest BCUT2D eigenvalue weighted by Gasteiger charge is 2.16. The van der Waals surface area contributed by atoms with Crippen LogP contribution < -0.4 is 0 Å². The average Bonchev–Trinajstić information content (AvgIpc) is 2.71. The number of aromatic amines is 1. The van der Waals surface area contributed by atoms with E-state index in [0.717, 1.165) is 16.9 Å². The molecule has 2 rings (SSSR count). The summed E-state index contributed by atoms with van der Waals surface area (Å²) in [7, 11) is 0. The number of para-hydroxylation sites is 2. The molecule has 1 atom stereocenters. The van der Waals surface area contributed by atoms with Gasteiger partial charge in [0.1, 0.15) is 11.1 Å². The Morgan fingerprint density at radius 1 is 1.53 bits per heavy atom. The van der Waals surface area contributed by atoms with E-state index < -0.39 is 5.97 Å². The molecular formula is C12H14N2O2S. The highest BCUT2D eigenvalue weighted by atomic mass is 32.2. The van der Waals surface area contributed by atoms with Gasteiger partial charge in [-0.3, -0.25) is 4.79 Å². The van der Waals surface area contributed by atoms with Crippen LogP contribution in [0.4, 0.5) is 0 Å². The molecule has 0 spiro atoms. The van der Waals surface area contributed by atoms with Gasteiger partial charge in [-0.25, -0.2) is 4.98 Å². The van der Waals surface area contributed by atoms with E-state index in [9.17, 15) is 4.79 Å². The summed E-state index contributed by atoms with van der Waals surface area (Å²) in [6, 6.07) is 7.79. The third-order valence-corrected chi connectivity index (χ3v) is 3.88. The predicted octanol–water partition coefficient (Wildman–Crippen LogP) is 2.66. The normalized spacial score (nSPS) is 12.8. The number of benzene rings is 1. The fourth-order valence-corrected chi connectivity index (χ4v) is 2.49. The molecule has 4 nitrogen and oxygen atoms in total. The number of H-pyrrole nitrogens is 1. The van der Waals surface area contributed by atoms with Crippen molar-refractivity contribution in [1.82, 2.24) is 9.97 Å². The molecule has 1 aromatic heterocycles. The molecule has 0 aliphatic carbocycles. The summed E-state index contributed by atoms with van der Waals surface area (Å²) < 4.78 is 0. The lowest BCUT2D eigenvalue weighted by molar-refractivity contribution is -0.136. The van der Waals surface area contributed by atoms with Crippen LogP contribution in [-0.4, -0.2) is 26.3 Å². The molecule has 1 heterocycles. The van der Waals surface area contributed by atoms with Gasteiger partial charge in [0.2, 0.25) is 0 Å². The smallest absolute Gasteiger partial charge is 0.316 e. The van der Waals surface area contributed by atoms with Crippen LogP contribution in [-0.2, 0) is 10.5 Å². The molecule has 0 bridgehead atoms. The summed E-state index contributed by atoms with van der Waals surface area (Å²) in [5.74, 6) is 0.670. The summed E-state index contributed by atoms with van der Waals surface area (Å²) in [5.41, 5.74) is 1.91. The average molecular weight is 250 g/mol. The zero-order chi connectivity index (χ0) is 12.3. The van der Waals surface area contributed by atoms with E-state index in [2.05, 4.69) is 9.97 Å². The molecule has 0 fully saturated rings. The molecule has 1 unspecified atom stereocenters. The molecule has 0 saturated heterocycles. The monoisotopic (exact) mass is 250 g/mol. The Bertz CT molecular complexity index is 491. The maximum absolute atomic E-state index is 10.9. The number of imidazole rings is 1. The van der Waals surface area contributed by atoms with Gasteiger partial charge < -0.3 is 10.1 Å². The van der Waals surface area contributed by atoms with Crippen LogP contribution in [0.1, 0.15) is 19.2 Å². The minimum Gasteiger partial charge on any atom is -0.480 e. The molecular weight excluding hydrogens is 236 g/mol. The molecule has 0 radical (unpaired) electrons. The standard InChI is InChI=1S/C12H14N2O2S/c1-2-10(12(15)16)17-7-11-13-8-5-3-4-6-9(8)14-11/h3-6,10H,2,7H2,1H3,(H,13,14)(H,15,16). The Morgan fingerprint density at radius 2 is 2.29 bits per heavy atom. The van der Waals surface area contributed by atoms with Crippen LogP contribution in [0.2, 0.25) is 0 Å². The summed E-state index contributed by atoms with van der Waals surface area (Å²) in [6.45, 7) is 1.88. The number of nitrogens with one attached hydrogen (secondary N) is 1. The molecule has 17 heavy (non-hydrogen) atoms. The summed E-state index contributed by atoms with van der Waals surface area (Å²) in [5, 5.41) is 8.58. The number of hydrogen-bond donors (Lipinski definition) is 2. The van der Waals surface area contributed by atoms with Crippen LogP contribution in [0.3, 0.4) is 0 Å². The SMILES string of the molecule is CCC(SCc1nc2ccccc2[nH]1)C(=O)O. The summed E-state index contributed by atoms with van der Waals surface area (Å²) >= 11 is 1.40. The Hall–Kier alpha value is -1.49. The fraction of sp³-hybridized carbons (Fsp3) is 0.333. The van der Waals surface area contributed by atoms with E-state index >= 15 is 0 Å². The van der Waals surface area contributed by atoms with E-state index in [4.69, 9.17) is 5.11 Å². The molecule has 0 saturated carbocycles. The summed E-state index contributed by atoms with van der Waals surface area (Å²) in [6.07, 6.45) is 0.625. The molecule has 0 aliphatic rings. The minimum atomic E-state index is -0.756. The lowest BCUT2D eigenvalue weighted by Gasteiger charge is -2.07. The summed E-state index contributed by atoms with van der Waals surface area (Å²) in [4.78, 5) is 18.5. The first-order valence-electron chi connectivity index (χ1n) is 5.48. The second-order valence-corrected chi connectivity index (χ2v) is 4.94. The van der Waals surface area contributed by atoms with Gasteiger partial charge in [-0.15, -0.1) is 11.8 Å². The Labute approximate surface area is 103 Å². The zero-order valence-electron chi connectivity index (χ0n) is 9.51. The number of carboxylic acids is 1. The molecule has 90 valence electrons. The molecule has 0 amide bonds. The number of carboxylic acid groups (broad SMARTS) is 1. The number of nitrogens with zero attached hydrogens (tertiary/aromatic N) is 1. The highest BCUT2D eigenvalue weighted by Crippen LogP contribution is 2.20. The van der Waals surface area contributed by atoms with Gasteiger partial charge in [0, 0.05) is 0 Å². The second-order valence-electron chi connectivity index (χ2n) is 3.75. The minimum absolute atomic E-state index is 0.358. The van der Waals surface area contributed by atoms with Gasteiger partial charge in [-0.1, -0.05) is 19.1 Å². The van der Waals surface area contributed by atoms with Crippen molar-refractivity contribution in [2.24, 2.45) is 0 Å². The van der Waals surface area contributed by atoms with Crippen LogP contribution in [0, 0.1) is 0 Å². The van der Waals surface area contributed by atoms with Crippen molar-refractivity contribution in [3.8, 4) is 0 Å². The largest absolute Gasteiger partial charge is 0.480 e. The maximum atomic E-state index is 10.9.